The number of methoxy groups -OCH3 is 1. The summed E-state index contributed by atoms with van der Waals surface area (Å²) in [5.41, 5.74) is 0. The van der Waals surface area contributed by atoms with E-state index >= 15 is 0 Å². The molecule has 0 atom stereocenters. The summed E-state index contributed by atoms with van der Waals surface area (Å²) >= 11 is 5.94. The molecule has 8 heteroatoms. The minimum Gasteiger partial charge on any atom is -0.490 e. The minimum atomic E-state index is -3.28. The Morgan fingerprint density at radius 1 is 1.21 bits per heavy atom. The molecular weight excluding hydrogens is 354 g/mol. The van der Waals surface area contributed by atoms with Crippen LogP contribution < -0.4 is 4.74 Å². The van der Waals surface area contributed by atoms with Crippen LogP contribution in [0.4, 0.5) is 0 Å². The molecule has 0 saturated carbocycles. The van der Waals surface area contributed by atoms with Crippen LogP contribution in [0.2, 0.25) is 5.02 Å². The van der Waals surface area contributed by atoms with Gasteiger partial charge in [-0.1, -0.05) is 17.7 Å². The van der Waals surface area contributed by atoms with Crippen molar-refractivity contribution in [1.82, 2.24) is 4.31 Å². The summed E-state index contributed by atoms with van der Waals surface area (Å²) in [6.07, 6.45) is 1.33. The lowest BCUT2D eigenvalue weighted by Gasteiger charge is -2.31. The van der Waals surface area contributed by atoms with Crippen molar-refractivity contribution in [2.24, 2.45) is 0 Å². The highest BCUT2D eigenvalue weighted by Gasteiger charge is 2.28. The van der Waals surface area contributed by atoms with E-state index in [0.717, 1.165) is 5.75 Å². The molecule has 2 rings (SSSR count). The second kappa shape index (κ2) is 9.58. The predicted molar refractivity (Wildman–Crippen MR) is 93.2 cm³/mol. The Balaban J connectivity index is 1.75. The smallest absolute Gasteiger partial charge is 0.216 e. The number of benzene rings is 1. The molecule has 136 valence electrons. The fraction of sp³-hybridized carbons (Fsp3) is 0.625. The molecule has 1 aliphatic rings. The molecule has 1 aliphatic heterocycles. The zero-order valence-electron chi connectivity index (χ0n) is 13.8. The van der Waals surface area contributed by atoms with E-state index in [1.807, 2.05) is 12.1 Å². The lowest BCUT2D eigenvalue weighted by Crippen LogP contribution is -2.43. The van der Waals surface area contributed by atoms with E-state index in [1.54, 1.807) is 19.2 Å². The Hall–Kier alpha value is -0.860. The SMILES string of the molecule is COCCOCCS(=O)(=O)N1CCC(Oc2cccc(Cl)c2)CC1. The third-order valence-corrected chi connectivity index (χ3v) is 5.88. The Labute approximate surface area is 148 Å². The number of hydrogen-bond donors (Lipinski definition) is 0. The first-order valence-electron chi connectivity index (χ1n) is 7.98. The zero-order chi connectivity index (χ0) is 17.4. The number of halogens is 1. The quantitative estimate of drug-likeness (QED) is 0.617. The van der Waals surface area contributed by atoms with Crippen molar-refractivity contribution in [2.75, 3.05) is 45.8 Å². The lowest BCUT2D eigenvalue weighted by atomic mass is 10.1. The highest BCUT2D eigenvalue weighted by atomic mass is 35.5. The predicted octanol–water partition coefficient (Wildman–Crippen LogP) is 2.18. The van der Waals surface area contributed by atoms with E-state index in [4.69, 9.17) is 25.8 Å². The molecule has 0 aromatic heterocycles. The van der Waals surface area contributed by atoms with Crippen molar-refractivity contribution in [1.29, 1.82) is 0 Å². The normalized spacial score (nSPS) is 17.1. The summed E-state index contributed by atoms with van der Waals surface area (Å²) in [5.74, 6) is 0.714. The number of hydrogen-bond acceptors (Lipinski definition) is 5. The monoisotopic (exact) mass is 377 g/mol. The van der Waals surface area contributed by atoms with Crippen molar-refractivity contribution in [3.05, 3.63) is 29.3 Å². The Morgan fingerprint density at radius 2 is 1.96 bits per heavy atom. The number of ether oxygens (including phenoxy) is 3. The first kappa shape index (κ1) is 19.5. The molecule has 0 amide bonds. The fourth-order valence-electron chi connectivity index (χ4n) is 2.50. The molecule has 0 N–H and O–H groups in total. The van der Waals surface area contributed by atoms with Crippen LogP contribution in [-0.4, -0.2) is 64.6 Å². The van der Waals surface area contributed by atoms with E-state index < -0.39 is 10.0 Å². The van der Waals surface area contributed by atoms with E-state index in [1.165, 1.54) is 4.31 Å². The van der Waals surface area contributed by atoms with Crippen LogP contribution in [0.25, 0.3) is 0 Å². The third-order valence-electron chi connectivity index (χ3n) is 3.81. The van der Waals surface area contributed by atoms with Gasteiger partial charge in [0.05, 0.1) is 25.6 Å². The fourth-order valence-corrected chi connectivity index (χ4v) is 4.03. The van der Waals surface area contributed by atoms with Gasteiger partial charge in [-0.3, -0.25) is 0 Å². The molecule has 0 unspecified atom stereocenters. The van der Waals surface area contributed by atoms with Crippen molar-refractivity contribution in [2.45, 2.75) is 18.9 Å². The highest BCUT2D eigenvalue weighted by Crippen LogP contribution is 2.23. The van der Waals surface area contributed by atoms with Gasteiger partial charge in [-0.05, 0) is 31.0 Å². The zero-order valence-corrected chi connectivity index (χ0v) is 15.4. The standard InChI is InChI=1S/C16H24ClNO5S/c1-21-9-10-22-11-12-24(19,20)18-7-5-15(6-8-18)23-16-4-2-3-14(17)13-16/h2-4,13,15H,5-12H2,1H3. The van der Waals surface area contributed by atoms with Gasteiger partial charge in [0.2, 0.25) is 10.0 Å². The van der Waals surface area contributed by atoms with E-state index in [2.05, 4.69) is 0 Å². The van der Waals surface area contributed by atoms with Gasteiger partial charge in [-0.2, -0.15) is 0 Å². The van der Waals surface area contributed by atoms with Crippen LogP contribution in [0.1, 0.15) is 12.8 Å². The van der Waals surface area contributed by atoms with Crippen LogP contribution in [0, 0.1) is 0 Å². The summed E-state index contributed by atoms with van der Waals surface area (Å²) in [6.45, 7) is 1.98. The molecule has 1 heterocycles. The lowest BCUT2D eigenvalue weighted by molar-refractivity contribution is 0.0778. The second-order valence-corrected chi connectivity index (χ2v) is 8.12. The number of rotatable bonds is 9. The Morgan fingerprint density at radius 3 is 2.62 bits per heavy atom. The van der Waals surface area contributed by atoms with Crippen LogP contribution in [0.3, 0.4) is 0 Å². The summed E-state index contributed by atoms with van der Waals surface area (Å²) in [7, 11) is -1.70. The summed E-state index contributed by atoms with van der Waals surface area (Å²) in [6, 6.07) is 7.24. The molecular formula is C16H24ClNO5S. The summed E-state index contributed by atoms with van der Waals surface area (Å²) in [5, 5.41) is 0.626. The maximum atomic E-state index is 12.3. The van der Waals surface area contributed by atoms with Crippen LogP contribution in [-0.2, 0) is 19.5 Å². The van der Waals surface area contributed by atoms with Gasteiger partial charge in [0.15, 0.2) is 0 Å². The molecule has 1 saturated heterocycles. The van der Waals surface area contributed by atoms with Crippen LogP contribution in [0.15, 0.2) is 24.3 Å². The number of piperidine rings is 1. The number of nitrogens with zero attached hydrogens (tertiary/aromatic N) is 1. The average molecular weight is 378 g/mol. The first-order chi connectivity index (χ1) is 11.5. The molecule has 0 radical (unpaired) electrons. The Bertz CT molecular complexity index is 602. The number of sulfonamides is 1. The van der Waals surface area contributed by atoms with E-state index in [9.17, 15) is 8.42 Å². The molecule has 0 aliphatic carbocycles. The molecule has 1 aromatic carbocycles. The van der Waals surface area contributed by atoms with E-state index in [-0.39, 0.29) is 18.5 Å². The van der Waals surface area contributed by atoms with Gasteiger partial charge >= 0.3 is 0 Å². The highest BCUT2D eigenvalue weighted by molar-refractivity contribution is 7.89. The van der Waals surface area contributed by atoms with Crippen LogP contribution >= 0.6 is 11.6 Å². The average Bonchev–Trinajstić information content (AvgIpc) is 2.55. The topological polar surface area (TPSA) is 65.1 Å². The summed E-state index contributed by atoms with van der Waals surface area (Å²) in [4.78, 5) is 0. The summed E-state index contributed by atoms with van der Waals surface area (Å²) < 4.78 is 42.1. The largest absolute Gasteiger partial charge is 0.490 e. The van der Waals surface area contributed by atoms with Gasteiger partial charge in [-0.25, -0.2) is 12.7 Å². The maximum absolute atomic E-state index is 12.3. The molecule has 1 fully saturated rings. The van der Waals surface area contributed by atoms with Crippen molar-refractivity contribution >= 4 is 21.6 Å². The molecule has 0 bridgehead atoms. The van der Waals surface area contributed by atoms with Gasteiger partial charge in [0.1, 0.15) is 11.9 Å². The Kier molecular flexibility index (Phi) is 7.77. The molecule has 6 nitrogen and oxygen atoms in total. The van der Waals surface area contributed by atoms with Crippen molar-refractivity contribution in [3.63, 3.8) is 0 Å². The van der Waals surface area contributed by atoms with Gasteiger partial charge < -0.3 is 14.2 Å². The van der Waals surface area contributed by atoms with Gasteiger partial charge in [0, 0.05) is 25.2 Å². The van der Waals surface area contributed by atoms with Gasteiger partial charge in [0.25, 0.3) is 0 Å². The molecule has 24 heavy (non-hydrogen) atoms. The van der Waals surface area contributed by atoms with E-state index in [0.29, 0.717) is 44.2 Å². The third kappa shape index (κ3) is 6.22. The van der Waals surface area contributed by atoms with Crippen molar-refractivity contribution < 1.29 is 22.6 Å². The van der Waals surface area contributed by atoms with Crippen LogP contribution in [0.5, 0.6) is 5.75 Å². The maximum Gasteiger partial charge on any atom is 0.216 e. The minimum absolute atomic E-state index is 0.00344. The van der Waals surface area contributed by atoms with Gasteiger partial charge in [-0.15, -0.1) is 0 Å². The van der Waals surface area contributed by atoms with Crippen molar-refractivity contribution in [3.8, 4) is 5.75 Å². The molecule has 0 spiro atoms. The molecule has 1 aromatic rings. The second-order valence-electron chi connectivity index (χ2n) is 5.59. The first-order valence-corrected chi connectivity index (χ1v) is 9.97.